The van der Waals surface area contributed by atoms with Crippen LogP contribution in [-0.2, 0) is 35.2 Å². The number of carbonyl (C=O) groups is 6. The smallest absolute Gasteiger partial charge is 0.322 e. The van der Waals surface area contributed by atoms with Crippen LogP contribution < -0.4 is 27.4 Å². The Morgan fingerprint density at radius 3 is 2.19 bits per heavy atom. The lowest BCUT2D eigenvalue weighted by Crippen LogP contribution is -2.56. The second-order valence-corrected chi connectivity index (χ2v) is 6.72. The standard InChI is InChI=1S/C17H25N7O8/c18-9(4-13(26)27)15(30)23-10(1-2-12(19)25)17(32)24-11(3-8-5-20-7-22-8)16(31)21-6-14(28)29/h5,7,9-11H,1-4,6,18H2,(H2,19,25)(H,20,22)(H,21,31)(H,23,30)(H,24,32)(H,26,27)(H,28,29). The number of primary amides is 1. The van der Waals surface area contributed by atoms with E-state index in [0.29, 0.717) is 5.69 Å². The highest BCUT2D eigenvalue weighted by atomic mass is 16.4. The van der Waals surface area contributed by atoms with Gasteiger partial charge in [0.05, 0.1) is 18.8 Å². The van der Waals surface area contributed by atoms with Gasteiger partial charge in [-0.2, -0.15) is 0 Å². The molecule has 0 saturated carbocycles. The molecule has 0 aliphatic heterocycles. The van der Waals surface area contributed by atoms with Crippen molar-refractivity contribution in [2.45, 2.75) is 43.8 Å². The predicted molar refractivity (Wildman–Crippen MR) is 105 cm³/mol. The minimum atomic E-state index is -1.46. The van der Waals surface area contributed by atoms with E-state index in [2.05, 4.69) is 25.9 Å². The summed E-state index contributed by atoms with van der Waals surface area (Å²) in [5.74, 6) is -6.07. The normalized spacial score (nSPS) is 13.3. The monoisotopic (exact) mass is 455 g/mol. The quantitative estimate of drug-likeness (QED) is 0.135. The van der Waals surface area contributed by atoms with Crippen LogP contribution >= 0.6 is 0 Å². The van der Waals surface area contributed by atoms with Crippen LogP contribution in [-0.4, -0.2) is 80.4 Å². The second-order valence-electron chi connectivity index (χ2n) is 6.72. The van der Waals surface area contributed by atoms with Gasteiger partial charge in [-0.05, 0) is 6.42 Å². The fourth-order valence-corrected chi connectivity index (χ4v) is 2.50. The number of amides is 4. The van der Waals surface area contributed by atoms with Crippen molar-refractivity contribution in [3.63, 3.8) is 0 Å². The molecule has 0 radical (unpaired) electrons. The van der Waals surface area contributed by atoms with Crippen LogP contribution in [0.1, 0.15) is 25.0 Å². The largest absolute Gasteiger partial charge is 0.481 e. The molecule has 0 bridgehead atoms. The lowest BCUT2D eigenvalue weighted by molar-refractivity contribution is -0.139. The van der Waals surface area contributed by atoms with Gasteiger partial charge < -0.3 is 42.6 Å². The van der Waals surface area contributed by atoms with E-state index >= 15 is 0 Å². The first kappa shape index (κ1) is 26.0. The average Bonchev–Trinajstić information content (AvgIpc) is 3.20. The number of aromatic nitrogens is 2. The van der Waals surface area contributed by atoms with Crippen molar-refractivity contribution in [1.29, 1.82) is 0 Å². The van der Waals surface area contributed by atoms with Gasteiger partial charge in [0.15, 0.2) is 0 Å². The first-order chi connectivity index (χ1) is 15.0. The number of hydrogen-bond acceptors (Lipinski definition) is 8. The minimum absolute atomic E-state index is 0.0911. The highest BCUT2D eigenvalue weighted by Crippen LogP contribution is 2.04. The van der Waals surface area contributed by atoms with Gasteiger partial charge in [0, 0.05) is 24.7 Å². The van der Waals surface area contributed by atoms with Crippen LogP contribution in [0, 0.1) is 0 Å². The van der Waals surface area contributed by atoms with E-state index in [-0.39, 0.29) is 19.3 Å². The fraction of sp³-hybridized carbons (Fsp3) is 0.471. The van der Waals surface area contributed by atoms with Crippen LogP contribution in [0.4, 0.5) is 0 Å². The number of carboxylic acid groups (broad SMARTS) is 2. The number of aromatic amines is 1. The number of aliphatic carboxylic acids is 2. The molecule has 0 fully saturated rings. The third kappa shape index (κ3) is 9.66. The van der Waals surface area contributed by atoms with Crippen LogP contribution in [0.2, 0.25) is 0 Å². The first-order valence-corrected chi connectivity index (χ1v) is 9.32. The summed E-state index contributed by atoms with van der Waals surface area (Å²) in [6.45, 7) is -0.694. The zero-order valence-corrected chi connectivity index (χ0v) is 16.9. The second kappa shape index (κ2) is 12.6. The maximum atomic E-state index is 12.8. The molecule has 0 aromatic carbocycles. The molecule has 15 heteroatoms. The molecule has 10 N–H and O–H groups in total. The number of nitrogens with two attached hydrogens (primary N) is 2. The Morgan fingerprint density at radius 1 is 1.00 bits per heavy atom. The topological polar surface area (TPSA) is 260 Å². The van der Waals surface area contributed by atoms with Gasteiger partial charge in [-0.1, -0.05) is 0 Å². The Kier molecular flexibility index (Phi) is 10.3. The summed E-state index contributed by atoms with van der Waals surface area (Å²) in [7, 11) is 0. The Labute approximate surface area is 181 Å². The maximum Gasteiger partial charge on any atom is 0.322 e. The Bertz CT molecular complexity index is 842. The lowest BCUT2D eigenvalue weighted by atomic mass is 10.1. The zero-order chi connectivity index (χ0) is 24.3. The Balaban J connectivity index is 2.96. The minimum Gasteiger partial charge on any atom is -0.481 e. The third-order valence-corrected chi connectivity index (χ3v) is 4.07. The average molecular weight is 455 g/mol. The molecule has 0 saturated heterocycles. The van der Waals surface area contributed by atoms with Crippen molar-refractivity contribution in [2.24, 2.45) is 11.5 Å². The maximum absolute atomic E-state index is 12.8. The summed E-state index contributed by atoms with van der Waals surface area (Å²) >= 11 is 0. The molecule has 0 aliphatic rings. The summed E-state index contributed by atoms with van der Waals surface area (Å²) in [4.78, 5) is 76.4. The molecular formula is C17H25N7O8. The predicted octanol–water partition coefficient (Wildman–Crippen LogP) is -3.81. The van der Waals surface area contributed by atoms with E-state index in [9.17, 15) is 28.8 Å². The molecule has 1 heterocycles. The van der Waals surface area contributed by atoms with Crippen molar-refractivity contribution in [1.82, 2.24) is 25.9 Å². The van der Waals surface area contributed by atoms with Gasteiger partial charge in [0.2, 0.25) is 23.6 Å². The summed E-state index contributed by atoms with van der Waals surface area (Å²) in [5, 5.41) is 24.2. The van der Waals surface area contributed by atoms with Gasteiger partial charge in [-0.25, -0.2) is 4.98 Å². The van der Waals surface area contributed by atoms with Crippen molar-refractivity contribution >= 4 is 35.6 Å². The molecule has 15 nitrogen and oxygen atoms in total. The summed E-state index contributed by atoms with van der Waals surface area (Å²) in [5.41, 5.74) is 11.0. The highest BCUT2D eigenvalue weighted by Gasteiger charge is 2.29. The highest BCUT2D eigenvalue weighted by molar-refractivity contribution is 5.94. The van der Waals surface area contributed by atoms with Gasteiger partial charge in [-0.15, -0.1) is 0 Å². The molecule has 176 valence electrons. The fourth-order valence-electron chi connectivity index (χ4n) is 2.50. The molecule has 4 amide bonds. The first-order valence-electron chi connectivity index (χ1n) is 9.32. The molecule has 3 unspecified atom stereocenters. The molecule has 1 aromatic rings. The molecule has 0 aliphatic carbocycles. The SMILES string of the molecule is NC(=O)CCC(NC(=O)C(N)CC(=O)O)C(=O)NC(Cc1cnc[nH]1)C(=O)NCC(=O)O. The lowest BCUT2D eigenvalue weighted by Gasteiger charge is -2.23. The number of carboxylic acids is 2. The van der Waals surface area contributed by atoms with Gasteiger partial charge >= 0.3 is 11.9 Å². The van der Waals surface area contributed by atoms with Crippen molar-refractivity contribution < 1.29 is 39.0 Å². The zero-order valence-electron chi connectivity index (χ0n) is 16.9. The molecule has 3 atom stereocenters. The molecular weight excluding hydrogens is 430 g/mol. The van der Waals surface area contributed by atoms with E-state index in [4.69, 9.17) is 21.7 Å². The molecule has 1 rings (SSSR count). The number of hydrogen-bond donors (Lipinski definition) is 8. The van der Waals surface area contributed by atoms with Crippen LogP contribution in [0.3, 0.4) is 0 Å². The van der Waals surface area contributed by atoms with Gasteiger partial charge in [0.25, 0.3) is 0 Å². The van der Waals surface area contributed by atoms with E-state index in [0.717, 1.165) is 0 Å². The number of nitrogens with one attached hydrogen (secondary N) is 4. The number of nitrogens with zero attached hydrogens (tertiary/aromatic N) is 1. The van der Waals surface area contributed by atoms with Crippen molar-refractivity contribution in [3.8, 4) is 0 Å². The number of carbonyl (C=O) groups excluding carboxylic acids is 4. The molecule has 0 spiro atoms. The van der Waals surface area contributed by atoms with E-state index in [1.165, 1.54) is 12.5 Å². The van der Waals surface area contributed by atoms with Crippen molar-refractivity contribution in [2.75, 3.05) is 6.54 Å². The molecule has 1 aromatic heterocycles. The Hall–Kier alpha value is -4.01. The number of H-pyrrole nitrogens is 1. The third-order valence-electron chi connectivity index (χ3n) is 4.07. The Morgan fingerprint density at radius 2 is 1.66 bits per heavy atom. The van der Waals surface area contributed by atoms with E-state index < -0.39 is 66.7 Å². The molecule has 32 heavy (non-hydrogen) atoms. The van der Waals surface area contributed by atoms with Crippen LogP contribution in [0.25, 0.3) is 0 Å². The summed E-state index contributed by atoms with van der Waals surface area (Å²) in [6, 6.07) is -4.09. The summed E-state index contributed by atoms with van der Waals surface area (Å²) in [6.07, 6.45) is 1.38. The number of imidazole rings is 1. The van der Waals surface area contributed by atoms with E-state index in [1.54, 1.807) is 0 Å². The van der Waals surface area contributed by atoms with Gasteiger partial charge in [0.1, 0.15) is 18.6 Å². The summed E-state index contributed by atoms with van der Waals surface area (Å²) < 4.78 is 0. The van der Waals surface area contributed by atoms with Crippen molar-refractivity contribution in [3.05, 3.63) is 18.2 Å². The van der Waals surface area contributed by atoms with Gasteiger partial charge in [-0.3, -0.25) is 28.8 Å². The van der Waals surface area contributed by atoms with Crippen LogP contribution in [0.15, 0.2) is 12.5 Å². The van der Waals surface area contributed by atoms with Crippen LogP contribution in [0.5, 0.6) is 0 Å². The number of rotatable bonds is 14. The van der Waals surface area contributed by atoms with E-state index in [1.807, 2.05) is 0 Å².